The molecule has 1 aliphatic carbocycles. The van der Waals surface area contributed by atoms with E-state index in [1.165, 1.54) is 5.56 Å². The average molecular weight is 376 g/mol. The molecule has 0 saturated heterocycles. The van der Waals surface area contributed by atoms with Gasteiger partial charge in [-0.05, 0) is 50.5 Å². The summed E-state index contributed by atoms with van der Waals surface area (Å²) in [5, 5.41) is 0. The van der Waals surface area contributed by atoms with Crippen LogP contribution in [0.15, 0.2) is 41.5 Å². The first-order chi connectivity index (χ1) is 13.4. The molecule has 0 spiro atoms. The number of pyridine rings is 2. The van der Waals surface area contributed by atoms with Crippen LogP contribution in [-0.2, 0) is 7.05 Å². The lowest BCUT2D eigenvalue weighted by Crippen LogP contribution is -2.18. The molecule has 0 aliphatic heterocycles. The van der Waals surface area contributed by atoms with Crippen LogP contribution in [0.5, 0.6) is 5.88 Å². The summed E-state index contributed by atoms with van der Waals surface area (Å²) in [5.41, 5.74) is 4.64. The van der Waals surface area contributed by atoms with Gasteiger partial charge in [0.25, 0.3) is 5.56 Å². The molecule has 28 heavy (non-hydrogen) atoms. The summed E-state index contributed by atoms with van der Waals surface area (Å²) in [6.07, 6.45) is 4.72. The Morgan fingerprint density at radius 1 is 1.14 bits per heavy atom. The van der Waals surface area contributed by atoms with E-state index in [2.05, 4.69) is 27.1 Å². The predicted octanol–water partition coefficient (Wildman–Crippen LogP) is 3.35. The Balaban J connectivity index is 1.53. The van der Waals surface area contributed by atoms with E-state index >= 15 is 0 Å². The second-order valence-corrected chi connectivity index (χ2v) is 7.59. The molecule has 6 nitrogen and oxygen atoms in total. The highest BCUT2D eigenvalue weighted by Crippen LogP contribution is 2.47. The van der Waals surface area contributed by atoms with E-state index in [-0.39, 0.29) is 5.56 Å². The molecule has 0 amide bonds. The van der Waals surface area contributed by atoms with Gasteiger partial charge in [-0.3, -0.25) is 9.78 Å². The maximum atomic E-state index is 12.2. The SMILES string of the molecule is Cc1ccc(C2CC2COc2nc(C)ncc2-c2cc(C)n(C)c(=O)c2)nc1. The van der Waals surface area contributed by atoms with Gasteiger partial charge < -0.3 is 9.30 Å². The van der Waals surface area contributed by atoms with Gasteiger partial charge in [0.1, 0.15) is 5.82 Å². The van der Waals surface area contributed by atoms with Gasteiger partial charge in [-0.1, -0.05) is 6.07 Å². The van der Waals surface area contributed by atoms with Crippen LogP contribution in [0.1, 0.15) is 35.1 Å². The first kappa shape index (κ1) is 18.3. The van der Waals surface area contributed by atoms with Gasteiger partial charge in [0.15, 0.2) is 0 Å². The molecule has 144 valence electrons. The van der Waals surface area contributed by atoms with Crippen LogP contribution in [0.2, 0.25) is 0 Å². The molecule has 0 radical (unpaired) electrons. The van der Waals surface area contributed by atoms with E-state index in [1.54, 1.807) is 23.9 Å². The number of aromatic nitrogens is 4. The highest BCUT2D eigenvalue weighted by molar-refractivity contribution is 5.67. The maximum Gasteiger partial charge on any atom is 0.251 e. The molecule has 1 saturated carbocycles. The van der Waals surface area contributed by atoms with Gasteiger partial charge in [0.2, 0.25) is 5.88 Å². The molecule has 0 aromatic carbocycles. The minimum Gasteiger partial charge on any atom is -0.477 e. The van der Waals surface area contributed by atoms with Gasteiger partial charge >= 0.3 is 0 Å². The molecule has 3 aromatic rings. The Hall–Kier alpha value is -3.02. The summed E-state index contributed by atoms with van der Waals surface area (Å²) in [4.78, 5) is 25.5. The molecule has 0 N–H and O–H groups in total. The molecular formula is C22H24N4O2. The standard InChI is InChI=1S/C22H24N4O2/c1-13-5-6-20(24-10-13)18-8-17(18)12-28-22-19(11-23-15(3)25-22)16-7-14(2)26(4)21(27)9-16/h5-7,9-11,17-18H,8,12H2,1-4H3. The van der Waals surface area contributed by atoms with E-state index < -0.39 is 0 Å². The second kappa shape index (κ2) is 7.19. The van der Waals surface area contributed by atoms with E-state index in [1.807, 2.05) is 33.0 Å². The lowest BCUT2D eigenvalue weighted by atomic mass is 10.1. The molecule has 6 heteroatoms. The third kappa shape index (κ3) is 3.67. The van der Waals surface area contributed by atoms with E-state index in [0.717, 1.165) is 28.9 Å². The Kier molecular flexibility index (Phi) is 4.71. The normalized spacial score (nSPS) is 18.1. The zero-order chi connectivity index (χ0) is 19.8. The van der Waals surface area contributed by atoms with Gasteiger partial charge in [0.05, 0.1) is 12.2 Å². The smallest absolute Gasteiger partial charge is 0.251 e. The van der Waals surface area contributed by atoms with Crippen LogP contribution in [0.25, 0.3) is 11.1 Å². The summed E-state index contributed by atoms with van der Waals surface area (Å²) >= 11 is 0. The van der Waals surface area contributed by atoms with Crippen molar-refractivity contribution in [2.24, 2.45) is 13.0 Å². The Bertz CT molecular complexity index is 1070. The van der Waals surface area contributed by atoms with Crippen molar-refractivity contribution in [3.8, 4) is 17.0 Å². The van der Waals surface area contributed by atoms with E-state index in [4.69, 9.17) is 4.74 Å². The van der Waals surface area contributed by atoms with E-state index in [9.17, 15) is 4.79 Å². The number of aryl methyl sites for hydroxylation is 3. The Morgan fingerprint density at radius 2 is 1.96 bits per heavy atom. The van der Waals surface area contributed by atoms with Gasteiger partial charge in [-0.2, -0.15) is 4.98 Å². The zero-order valence-electron chi connectivity index (χ0n) is 16.6. The molecule has 2 unspecified atom stereocenters. The average Bonchev–Trinajstić information content (AvgIpc) is 3.44. The van der Waals surface area contributed by atoms with Crippen molar-refractivity contribution in [1.82, 2.24) is 19.5 Å². The van der Waals surface area contributed by atoms with Crippen molar-refractivity contribution in [3.63, 3.8) is 0 Å². The molecule has 3 heterocycles. The predicted molar refractivity (Wildman–Crippen MR) is 108 cm³/mol. The Morgan fingerprint density at radius 3 is 2.68 bits per heavy atom. The van der Waals surface area contributed by atoms with E-state index in [0.29, 0.717) is 30.1 Å². The number of hydrogen-bond donors (Lipinski definition) is 0. The van der Waals surface area contributed by atoms with Crippen molar-refractivity contribution in [2.75, 3.05) is 6.61 Å². The number of ether oxygens (including phenoxy) is 1. The summed E-state index contributed by atoms with van der Waals surface area (Å²) < 4.78 is 7.71. The minimum atomic E-state index is -0.0609. The van der Waals surface area contributed by atoms with Crippen molar-refractivity contribution in [2.45, 2.75) is 33.1 Å². The van der Waals surface area contributed by atoms with Crippen molar-refractivity contribution in [3.05, 3.63) is 69.8 Å². The first-order valence-corrected chi connectivity index (χ1v) is 9.49. The molecule has 3 aromatic heterocycles. The van der Waals surface area contributed by atoms with Gasteiger partial charge in [0, 0.05) is 48.7 Å². The molecule has 4 rings (SSSR count). The zero-order valence-corrected chi connectivity index (χ0v) is 16.6. The lowest BCUT2D eigenvalue weighted by Gasteiger charge is -2.12. The van der Waals surface area contributed by atoms with Crippen LogP contribution in [0.3, 0.4) is 0 Å². The van der Waals surface area contributed by atoms with Gasteiger partial charge in [-0.25, -0.2) is 4.98 Å². The molecule has 0 bridgehead atoms. The van der Waals surface area contributed by atoms with Gasteiger partial charge in [-0.15, -0.1) is 0 Å². The quantitative estimate of drug-likeness (QED) is 0.683. The summed E-state index contributed by atoms with van der Waals surface area (Å²) in [7, 11) is 1.76. The van der Waals surface area contributed by atoms with Crippen LogP contribution in [-0.4, -0.2) is 26.1 Å². The monoisotopic (exact) mass is 376 g/mol. The fourth-order valence-electron chi connectivity index (χ4n) is 3.36. The topological polar surface area (TPSA) is 69.9 Å². The highest BCUT2D eigenvalue weighted by Gasteiger charge is 2.40. The third-order valence-corrected chi connectivity index (χ3v) is 5.36. The highest BCUT2D eigenvalue weighted by atomic mass is 16.5. The van der Waals surface area contributed by atoms with Crippen LogP contribution >= 0.6 is 0 Å². The first-order valence-electron chi connectivity index (χ1n) is 9.49. The largest absolute Gasteiger partial charge is 0.477 e. The lowest BCUT2D eigenvalue weighted by molar-refractivity contribution is 0.285. The number of hydrogen-bond acceptors (Lipinski definition) is 5. The second-order valence-electron chi connectivity index (χ2n) is 7.59. The fourth-order valence-corrected chi connectivity index (χ4v) is 3.36. The molecule has 1 aliphatic rings. The van der Waals surface area contributed by atoms with Crippen molar-refractivity contribution < 1.29 is 4.74 Å². The summed E-state index contributed by atoms with van der Waals surface area (Å²) in [5.74, 6) is 2.05. The molecule has 2 atom stereocenters. The maximum absolute atomic E-state index is 12.2. The van der Waals surface area contributed by atoms with Crippen LogP contribution < -0.4 is 10.3 Å². The minimum absolute atomic E-state index is 0.0609. The van der Waals surface area contributed by atoms with Crippen molar-refractivity contribution >= 4 is 0 Å². The summed E-state index contributed by atoms with van der Waals surface area (Å²) in [6.45, 7) is 6.36. The molecule has 1 fully saturated rings. The fraction of sp³-hybridized carbons (Fsp3) is 0.364. The van der Waals surface area contributed by atoms with Crippen LogP contribution in [0.4, 0.5) is 0 Å². The number of rotatable bonds is 5. The molecular weight excluding hydrogens is 352 g/mol. The third-order valence-electron chi connectivity index (χ3n) is 5.36. The Labute approximate surface area is 164 Å². The van der Waals surface area contributed by atoms with Crippen molar-refractivity contribution in [1.29, 1.82) is 0 Å². The number of nitrogens with zero attached hydrogens (tertiary/aromatic N) is 4. The van der Waals surface area contributed by atoms with Crippen LogP contribution in [0, 0.1) is 26.7 Å². The summed E-state index contributed by atoms with van der Waals surface area (Å²) in [6, 6.07) is 7.76.